The van der Waals surface area contributed by atoms with Gasteiger partial charge in [-0.1, -0.05) is 57.5 Å². The molecule has 2 aromatic rings. The minimum Gasteiger partial charge on any atom is -0.457 e. The highest BCUT2D eigenvalue weighted by atomic mass is 16.5. The predicted octanol–water partition coefficient (Wildman–Crippen LogP) is 5.30. The van der Waals surface area contributed by atoms with E-state index in [9.17, 15) is 14.4 Å². The number of para-hydroxylation sites is 1. The molecular formula is C31H43N3O4. The molecule has 1 fully saturated rings. The highest BCUT2D eigenvalue weighted by Crippen LogP contribution is 2.27. The number of hydrogen-bond acceptors (Lipinski definition) is 4. The SMILES string of the molecule is CCC[C@H](C(=O)NC)C(CC(C)C)C(=O)NC1CCCCN(Cc2cccc(Oc3ccccc3)c2)C1=O. The van der Waals surface area contributed by atoms with E-state index >= 15 is 0 Å². The number of carbonyl (C=O) groups is 3. The standard InChI is InChI=1S/C31H43N3O4/c1-5-12-26(29(35)32-4)27(19-22(2)3)30(36)33-28-17-9-10-18-34(31(28)37)21-23-13-11-16-25(20-23)38-24-14-7-6-8-15-24/h6-8,11,13-16,20,22,26-28H,5,9-10,12,17-19,21H2,1-4H3,(H,32,35)(H,33,36)/t26-,27?,28?/m0/s1. The maximum Gasteiger partial charge on any atom is 0.245 e. The summed E-state index contributed by atoms with van der Waals surface area (Å²) in [6.45, 7) is 7.22. The molecule has 0 aliphatic carbocycles. The maximum atomic E-state index is 13.6. The summed E-state index contributed by atoms with van der Waals surface area (Å²) in [5, 5.41) is 5.79. The molecule has 1 aliphatic rings. The molecule has 2 aromatic carbocycles. The molecule has 1 saturated heterocycles. The summed E-state index contributed by atoms with van der Waals surface area (Å²) < 4.78 is 5.97. The Morgan fingerprint density at radius 2 is 1.74 bits per heavy atom. The van der Waals surface area contributed by atoms with Crippen molar-refractivity contribution < 1.29 is 19.1 Å². The summed E-state index contributed by atoms with van der Waals surface area (Å²) in [6.07, 6.45) is 4.38. The lowest BCUT2D eigenvalue weighted by atomic mass is 9.81. The average Bonchev–Trinajstić information content (AvgIpc) is 3.07. The molecule has 3 atom stereocenters. The minimum atomic E-state index is -0.588. The third kappa shape index (κ3) is 8.33. The van der Waals surface area contributed by atoms with Gasteiger partial charge in [-0.25, -0.2) is 0 Å². The van der Waals surface area contributed by atoms with Crippen LogP contribution in [0.25, 0.3) is 0 Å². The molecule has 7 nitrogen and oxygen atoms in total. The number of amides is 3. The van der Waals surface area contributed by atoms with Crippen molar-refractivity contribution in [1.29, 1.82) is 0 Å². The van der Waals surface area contributed by atoms with Crippen molar-refractivity contribution in [3.05, 3.63) is 60.2 Å². The van der Waals surface area contributed by atoms with Crippen molar-refractivity contribution in [1.82, 2.24) is 15.5 Å². The minimum absolute atomic E-state index is 0.0690. The van der Waals surface area contributed by atoms with Gasteiger partial charge in [0, 0.05) is 32.0 Å². The van der Waals surface area contributed by atoms with E-state index in [1.54, 1.807) is 7.05 Å². The Hall–Kier alpha value is -3.35. The van der Waals surface area contributed by atoms with E-state index in [1.165, 1.54) is 0 Å². The van der Waals surface area contributed by atoms with Gasteiger partial charge >= 0.3 is 0 Å². The first-order chi connectivity index (χ1) is 18.3. The molecule has 0 aromatic heterocycles. The van der Waals surface area contributed by atoms with Crippen LogP contribution < -0.4 is 15.4 Å². The zero-order chi connectivity index (χ0) is 27.5. The van der Waals surface area contributed by atoms with E-state index < -0.39 is 17.9 Å². The first-order valence-electron chi connectivity index (χ1n) is 13.9. The molecule has 0 saturated carbocycles. The number of nitrogens with one attached hydrogen (secondary N) is 2. The van der Waals surface area contributed by atoms with Crippen LogP contribution in [0.5, 0.6) is 11.5 Å². The molecule has 3 amide bonds. The van der Waals surface area contributed by atoms with Crippen LogP contribution in [-0.2, 0) is 20.9 Å². The fourth-order valence-electron chi connectivity index (χ4n) is 5.20. The Morgan fingerprint density at radius 3 is 2.42 bits per heavy atom. The lowest BCUT2D eigenvalue weighted by molar-refractivity contribution is -0.140. The third-order valence-electron chi connectivity index (χ3n) is 7.08. The van der Waals surface area contributed by atoms with Gasteiger partial charge in [-0.15, -0.1) is 0 Å². The van der Waals surface area contributed by atoms with Crippen LogP contribution >= 0.6 is 0 Å². The molecule has 1 aliphatic heterocycles. The molecular weight excluding hydrogens is 478 g/mol. The summed E-state index contributed by atoms with van der Waals surface area (Å²) in [4.78, 5) is 41.6. The lowest BCUT2D eigenvalue weighted by Gasteiger charge is -2.29. The zero-order valence-electron chi connectivity index (χ0n) is 23.2. The van der Waals surface area contributed by atoms with Crippen LogP contribution in [0.4, 0.5) is 0 Å². The molecule has 7 heteroatoms. The van der Waals surface area contributed by atoms with E-state index in [-0.39, 0.29) is 23.6 Å². The third-order valence-corrected chi connectivity index (χ3v) is 7.08. The maximum absolute atomic E-state index is 13.6. The summed E-state index contributed by atoms with van der Waals surface area (Å²) in [7, 11) is 1.61. The molecule has 1 heterocycles. The summed E-state index contributed by atoms with van der Waals surface area (Å²) >= 11 is 0. The van der Waals surface area contributed by atoms with Crippen LogP contribution in [0.2, 0.25) is 0 Å². The van der Waals surface area contributed by atoms with Crippen LogP contribution in [0.15, 0.2) is 54.6 Å². The van der Waals surface area contributed by atoms with E-state index in [0.717, 1.165) is 30.6 Å². The fourth-order valence-corrected chi connectivity index (χ4v) is 5.20. The zero-order valence-corrected chi connectivity index (χ0v) is 23.2. The van der Waals surface area contributed by atoms with E-state index in [0.29, 0.717) is 38.1 Å². The molecule has 38 heavy (non-hydrogen) atoms. The van der Waals surface area contributed by atoms with E-state index in [2.05, 4.69) is 24.5 Å². The topological polar surface area (TPSA) is 87.7 Å². The van der Waals surface area contributed by atoms with Crippen molar-refractivity contribution in [3.63, 3.8) is 0 Å². The number of hydrogen-bond donors (Lipinski definition) is 2. The number of benzene rings is 2. The fraction of sp³-hybridized carbons (Fsp3) is 0.516. The second-order valence-corrected chi connectivity index (χ2v) is 10.6. The lowest BCUT2D eigenvalue weighted by Crippen LogP contribution is -2.51. The van der Waals surface area contributed by atoms with Gasteiger partial charge in [0.25, 0.3) is 0 Å². The molecule has 206 valence electrons. The molecule has 2 N–H and O–H groups in total. The molecule has 0 radical (unpaired) electrons. The molecule has 3 rings (SSSR count). The quantitative estimate of drug-likeness (QED) is 0.397. The van der Waals surface area contributed by atoms with Gasteiger partial charge in [-0.05, 0) is 67.9 Å². The largest absolute Gasteiger partial charge is 0.457 e. The Labute approximate surface area is 227 Å². The van der Waals surface area contributed by atoms with Crippen molar-refractivity contribution in [2.45, 2.75) is 71.9 Å². The van der Waals surface area contributed by atoms with E-state index in [1.807, 2.05) is 66.4 Å². The van der Waals surface area contributed by atoms with Crippen LogP contribution in [0, 0.1) is 17.8 Å². The summed E-state index contributed by atoms with van der Waals surface area (Å²) in [5.74, 6) is 0.476. The van der Waals surface area contributed by atoms with Crippen molar-refractivity contribution in [2.24, 2.45) is 17.8 Å². The first kappa shape index (κ1) is 29.2. The van der Waals surface area contributed by atoms with Crippen LogP contribution in [0.3, 0.4) is 0 Å². The van der Waals surface area contributed by atoms with Crippen LogP contribution in [0.1, 0.15) is 64.9 Å². The van der Waals surface area contributed by atoms with Gasteiger partial charge < -0.3 is 20.3 Å². The van der Waals surface area contributed by atoms with E-state index in [4.69, 9.17) is 4.74 Å². The molecule has 2 unspecified atom stereocenters. The van der Waals surface area contributed by atoms with Gasteiger partial charge in [0.05, 0.1) is 0 Å². The summed E-state index contributed by atoms with van der Waals surface area (Å²) in [6, 6.07) is 16.8. The highest BCUT2D eigenvalue weighted by Gasteiger charge is 2.36. The van der Waals surface area contributed by atoms with Crippen molar-refractivity contribution >= 4 is 17.7 Å². The van der Waals surface area contributed by atoms with Gasteiger partial charge in [-0.3, -0.25) is 14.4 Å². The monoisotopic (exact) mass is 521 g/mol. The molecule has 0 bridgehead atoms. The Kier molecular flexibility index (Phi) is 11.2. The number of rotatable bonds is 12. The number of nitrogens with zero attached hydrogens (tertiary/aromatic N) is 1. The Morgan fingerprint density at radius 1 is 1.00 bits per heavy atom. The van der Waals surface area contributed by atoms with Gasteiger partial charge in [-0.2, -0.15) is 0 Å². The highest BCUT2D eigenvalue weighted by molar-refractivity contribution is 5.91. The first-order valence-corrected chi connectivity index (χ1v) is 13.9. The predicted molar refractivity (Wildman–Crippen MR) is 150 cm³/mol. The van der Waals surface area contributed by atoms with Gasteiger partial charge in [0.1, 0.15) is 17.5 Å². The number of carbonyl (C=O) groups excluding carboxylic acids is 3. The van der Waals surface area contributed by atoms with Gasteiger partial charge in [0.15, 0.2) is 0 Å². The second-order valence-electron chi connectivity index (χ2n) is 10.6. The normalized spacial score (nSPS) is 17.4. The number of likely N-dealkylation sites (tertiary alicyclic amines) is 1. The summed E-state index contributed by atoms with van der Waals surface area (Å²) in [5.41, 5.74) is 0.971. The second kappa shape index (κ2) is 14.6. The van der Waals surface area contributed by atoms with Crippen LogP contribution in [-0.4, -0.2) is 42.3 Å². The Balaban J connectivity index is 1.72. The average molecular weight is 522 g/mol. The number of ether oxygens (including phenoxy) is 1. The smallest absolute Gasteiger partial charge is 0.245 e. The Bertz CT molecular complexity index is 1060. The molecule has 0 spiro atoms. The van der Waals surface area contributed by atoms with Crippen molar-refractivity contribution in [2.75, 3.05) is 13.6 Å². The van der Waals surface area contributed by atoms with Crippen molar-refractivity contribution in [3.8, 4) is 11.5 Å². The van der Waals surface area contributed by atoms with Gasteiger partial charge in [0.2, 0.25) is 17.7 Å².